The number of fused-ring (bicyclic) bond motifs is 1. The van der Waals surface area contributed by atoms with Crippen LogP contribution in [0.2, 0.25) is 0 Å². The van der Waals surface area contributed by atoms with Crippen LogP contribution >= 0.6 is 0 Å². The minimum absolute atomic E-state index is 0.194. The van der Waals surface area contributed by atoms with Crippen molar-refractivity contribution in [3.05, 3.63) is 41.7 Å². The fraction of sp³-hybridized carbons (Fsp3) is 0.250. The first-order valence-corrected chi connectivity index (χ1v) is 7.37. The van der Waals surface area contributed by atoms with Gasteiger partial charge in [0, 0.05) is 25.0 Å². The van der Waals surface area contributed by atoms with Crippen LogP contribution in [0.25, 0.3) is 0 Å². The molecule has 0 aliphatic carbocycles. The minimum atomic E-state index is -3.48. The summed E-state index contributed by atoms with van der Waals surface area (Å²) < 4.78 is 26.2. The molecule has 0 bridgehead atoms. The van der Waals surface area contributed by atoms with Crippen LogP contribution in [0.1, 0.15) is 11.1 Å². The molecule has 0 saturated carbocycles. The molecule has 0 saturated heterocycles. The first-order valence-electron chi connectivity index (χ1n) is 5.93. The van der Waals surface area contributed by atoms with Crippen LogP contribution in [0.4, 0.5) is 5.69 Å². The largest absolute Gasteiger partial charge is 0.399 e. The maximum absolute atomic E-state index is 12.4. The van der Waals surface area contributed by atoms with Gasteiger partial charge in [-0.25, -0.2) is 8.42 Å². The standard InChI is InChI=1S/C12H14N4O2S/c13-11-2-1-9-3-4-16(8-10(9)5-11)19(17,18)12-6-14-15-7-12/h1-2,5-7H,3-4,8,13H2,(H,14,15). The number of anilines is 1. The van der Waals surface area contributed by atoms with Gasteiger partial charge in [-0.15, -0.1) is 0 Å². The Labute approximate surface area is 111 Å². The Morgan fingerprint density at radius 1 is 1.32 bits per heavy atom. The van der Waals surface area contributed by atoms with Gasteiger partial charge >= 0.3 is 0 Å². The normalized spacial score (nSPS) is 16.2. The number of hydrogen-bond donors (Lipinski definition) is 2. The molecular weight excluding hydrogens is 264 g/mol. The summed E-state index contributed by atoms with van der Waals surface area (Å²) in [6.07, 6.45) is 3.42. The van der Waals surface area contributed by atoms with Gasteiger partial charge in [-0.05, 0) is 29.7 Å². The molecule has 7 heteroatoms. The van der Waals surface area contributed by atoms with E-state index in [1.807, 2.05) is 18.2 Å². The monoisotopic (exact) mass is 278 g/mol. The zero-order valence-electron chi connectivity index (χ0n) is 10.2. The highest BCUT2D eigenvalue weighted by Crippen LogP contribution is 2.25. The SMILES string of the molecule is Nc1ccc2c(c1)CN(S(=O)(=O)c1cn[nH]c1)CC2. The van der Waals surface area contributed by atoms with E-state index in [-0.39, 0.29) is 4.90 Å². The van der Waals surface area contributed by atoms with Gasteiger partial charge in [-0.1, -0.05) is 6.07 Å². The van der Waals surface area contributed by atoms with E-state index in [9.17, 15) is 8.42 Å². The van der Waals surface area contributed by atoms with E-state index in [1.165, 1.54) is 16.7 Å². The molecule has 0 unspecified atom stereocenters. The summed E-state index contributed by atoms with van der Waals surface area (Å²) in [5.41, 5.74) is 8.53. The maximum Gasteiger partial charge on any atom is 0.246 e. The number of nitrogens with one attached hydrogen (secondary N) is 1. The van der Waals surface area contributed by atoms with Crippen LogP contribution < -0.4 is 5.73 Å². The topological polar surface area (TPSA) is 92.1 Å². The van der Waals surface area contributed by atoms with Crippen LogP contribution in [-0.2, 0) is 23.0 Å². The first-order chi connectivity index (χ1) is 9.07. The van der Waals surface area contributed by atoms with Crippen molar-refractivity contribution in [3.63, 3.8) is 0 Å². The Morgan fingerprint density at radius 2 is 2.16 bits per heavy atom. The molecule has 0 fully saturated rings. The Hall–Kier alpha value is -1.86. The van der Waals surface area contributed by atoms with Gasteiger partial charge in [0.1, 0.15) is 4.90 Å². The number of nitrogens with zero attached hydrogens (tertiary/aromatic N) is 2. The molecule has 3 rings (SSSR count). The lowest BCUT2D eigenvalue weighted by molar-refractivity contribution is 0.391. The second kappa shape index (κ2) is 4.36. The molecule has 1 aliphatic rings. The molecule has 0 atom stereocenters. The predicted molar refractivity (Wildman–Crippen MR) is 70.7 cm³/mol. The Bertz CT molecular complexity index is 695. The summed E-state index contributed by atoms with van der Waals surface area (Å²) in [5, 5.41) is 6.22. The van der Waals surface area contributed by atoms with Crippen LogP contribution in [0, 0.1) is 0 Å². The summed E-state index contributed by atoms with van der Waals surface area (Å²) in [6.45, 7) is 0.832. The zero-order chi connectivity index (χ0) is 13.5. The summed E-state index contributed by atoms with van der Waals surface area (Å²) >= 11 is 0. The second-order valence-electron chi connectivity index (χ2n) is 4.55. The van der Waals surface area contributed by atoms with E-state index < -0.39 is 10.0 Å². The van der Waals surface area contributed by atoms with Crippen molar-refractivity contribution in [2.75, 3.05) is 12.3 Å². The average Bonchev–Trinajstić information content (AvgIpc) is 2.92. The van der Waals surface area contributed by atoms with Crippen molar-refractivity contribution in [3.8, 4) is 0 Å². The van der Waals surface area contributed by atoms with Crippen molar-refractivity contribution in [1.29, 1.82) is 0 Å². The lowest BCUT2D eigenvalue weighted by atomic mass is 10.0. The first kappa shape index (κ1) is 12.2. The van der Waals surface area contributed by atoms with Gasteiger partial charge in [-0.2, -0.15) is 9.40 Å². The third-order valence-corrected chi connectivity index (χ3v) is 5.13. The molecule has 0 amide bonds. The summed E-state index contributed by atoms with van der Waals surface area (Å²) in [4.78, 5) is 0.194. The van der Waals surface area contributed by atoms with Crippen LogP contribution in [0.15, 0.2) is 35.5 Å². The fourth-order valence-corrected chi connectivity index (χ4v) is 3.61. The van der Waals surface area contributed by atoms with E-state index in [0.29, 0.717) is 25.2 Å². The molecule has 19 heavy (non-hydrogen) atoms. The molecule has 1 aromatic carbocycles. The number of benzene rings is 1. The summed E-state index contributed by atoms with van der Waals surface area (Å²) in [5.74, 6) is 0. The molecule has 2 aromatic rings. The molecule has 0 radical (unpaired) electrons. The minimum Gasteiger partial charge on any atom is -0.399 e. The molecule has 6 nitrogen and oxygen atoms in total. The second-order valence-corrected chi connectivity index (χ2v) is 6.49. The molecular formula is C12H14N4O2S. The van der Waals surface area contributed by atoms with E-state index in [4.69, 9.17) is 5.73 Å². The van der Waals surface area contributed by atoms with Crippen LogP contribution in [-0.4, -0.2) is 29.5 Å². The summed E-state index contributed by atoms with van der Waals surface area (Å²) in [6, 6.07) is 5.65. The Balaban J connectivity index is 1.94. The van der Waals surface area contributed by atoms with Gasteiger partial charge in [0.15, 0.2) is 0 Å². The average molecular weight is 278 g/mol. The van der Waals surface area contributed by atoms with E-state index in [2.05, 4.69) is 10.2 Å². The number of sulfonamides is 1. The number of nitrogen functional groups attached to an aromatic ring is 1. The summed E-state index contributed by atoms with van der Waals surface area (Å²) in [7, 11) is -3.48. The quantitative estimate of drug-likeness (QED) is 0.792. The van der Waals surface area contributed by atoms with E-state index in [1.54, 1.807) is 0 Å². The van der Waals surface area contributed by atoms with Crippen molar-refractivity contribution in [2.45, 2.75) is 17.9 Å². The fourth-order valence-electron chi connectivity index (χ4n) is 2.29. The molecule has 100 valence electrons. The highest BCUT2D eigenvalue weighted by atomic mass is 32.2. The molecule has 1 aromatic heterocycles. The Kier molecular flexibility index (Phi) is 2.79. The van der Waals surface area contributed by atoms with Crippen molar-refractivity contribution in [2.24, 2.45) is 0 Å². The number of aromatic nitrogens is 2. The third-order valence-electron chi connectivity index (χ3n) is 3.32. The van der Waals surface area contributed by atoms with E-state index in [0.717, 1.165) is 11.1 Å². The van der Waals surface area contributed by atoms with E-state index >= 15 is 0 Å². The maximum atomic E-state index is 12.4. The number of aromatic amines is 1. The third kappa shape index (κ3) is 2.11. The molecule has 1 aliphatic heterocycles. The lowest BCUT2D eigenvalue weighted by Gasteiger charge is -2.27. The number of nitrogens with two attached hydrogens (primary N) is 1. The number of hydrogen-bond acceptors (Lipinski definition) is 4. The molecule has 2 heterocycles. The smallest absolute Gasteiger partial charge is 0.246 e. The number of rotatable bonds is 2. The highest BCUT2D eigenvalue weighted by Gasteiger charge is 2.28. The van der Waals surface area contributed by atoms with Gasteiger partial charge in [0.2, 0.25) is 10.0 Å². The number of H-pyrrole nitrogens is 1. The van der Waals surface area contributed by atoms with Crippen molar-refractivity contribution in [1.82, 2.24) is 14.5 Å². The van der Waals surface area contributed by atoms with Gasteiger partial charge in [-0.3, -0.25) is 5.10 Å². The predicted octanol–water partition coefficient (Wildman–Crippen LogP) is 0.739. The van der Waals surface area contributed by atoms with Gasteiger partial charge < -0.3 is 5.73 Å². The lowest BCUT2D eigenvalue weighted by Crippen LogP contribution is -2.35. The Morgan fingerprint density at radius 3 is 2.89 bits per heavy atom. The molecule has 3 N–H and O–H groups in total. The van der Waals surface area contributed by atoms with Crippen molar-refractivity contribution >= 4 is 15.7 Å². The van der Waals surface area contributed by atoms with Crippen molar-refractivity contribution < 1.29 is 8.42 Å². The van der Waals surface area contributed by atoms with Crippen LogP contribution in [0.5, 0.6) is 0 Å². The van der Waals surface area contributed by atoms with Crippen LogP contribution in [0.3, 0.4) is 0 Å². The zero-order valence-corrected chi connectivity index (χ0v) is 11.0. The van der Waals surface area contributed by atoms with Gasteiger partial charge in [0.25, 0.3) is 0 Å². The highest BCUT2D eigenvalue weighted by molar-refractivity contribution is 7.89. The van der Waals surface area contributed by atoms with Gasteiger partial charge in [0.05, 0.1) is 6.20 Å². The molecule has 0 spiro atoms.